The van der Waals surface area contributed by atoms with Crippen LogP contribution in [0.3, 0.4) is 0 Å². The Hall–Kier alpha value is -2.37. The summed E-state index contributed by atoms with van der Waals surface area (Å²) >= 11 is 0. The first-order valence-electron chi connectivity index (χ1n) is 10.8. The molecule has 1 heterocycles. The first-order chi connectivity index (χ1) is 14.4. The molecule has 0 aliphatic carbocycles. The molecule has 3 rings (SSSR count). The maximum Gasteiger partial charge on any atom is 0.261 e. The highest BCUT2D eigenvalue weighted by molar-refractivity contribution is 5.80. The highest BCUT2D eigenvalue weighted by atomic mass is 16.5. The molecule has 1 N–H and O–H groups in total. The summed E-state index contributed by atoms with van der Waals surface area (Å²) in [6.45, 7) is 13.1. The molecule has 2 aromatic rings. The summed E-state index contributed by atoms with van der Waals surface area (Å²) < 4.78 is 11.4. The van der Waals surface area contributed by atoms with Gasteiger partial charge in [0.25, 0.3) is 5.91 Å². The molecular formula is C25H34N2O3. The summed E-state index contributed by atoms with van der Waals surface area (Å²) in [5, 5.41) is 2.99. The van der Waals surface area contributed by atoms with Crippen molar-refractivity contribution >= 4 is 5.91 Å². The minimum Gasteiger partial charge on any atom is -0.481 e. The van der Waals surface area contributed by atoms with Crippen LogP contribution in [0.1, 0.15) is 48.9 Å². The van der Waals surface area contributed by atoms with E-state index in [0.29, 0.717) is 12.5 Å². The molecule has 0 aromatic heterocycles. The summed E-state index contributed by atoms with van der Waals surface area (Å²) in [4.78, 5) is 15.0. The first kappa shape index (κ1) is 22.3. The van der Waals surface area contributed by atoms with Crippen LogP contribution in [0.25, 0.3) is 0 Å². The van der Waals surface area contributed by atoms with Crippen LogP contribution in [-0.4, -0.2) is 43.2 Å². The summed E-state index contributed by atoms with van der Waals surface area (Å²) in [5.41, 5.74) is 4.61. The Kier molecular flexibility index (Phi) is 7.88. The molecule has 1 aliphatic rings. The van der Waals surface area contributed by atoms with E-state index >= 15 is 0 Å². The lowest BCUT2D eigenvalue weighted by molar-refractivity contribution is -0.127. The lowest BCUT2D eigenvalue weighted by atomic mass is 10.0. The van der Waals surface area contributed by atoms with E-state index in [9.17, 15) is 4.79 Å². The highest BCUT2D eigenvalue weighted by Gasteiger charge is 2.17. The molecule has 0 unspecified atom stereocenters. The van der Waals surface area contributed by atoms with Crippen molar-refractivity contribution in [3.63, 3.8) is 0 Å². The van der Waals surface area contributed by atoms with Gasteiger partial charge in [0.1, 0.15) is 5.75 Å². The summed E-state index contributed by atoms with van der Waals surface area (Å²) in [6.07, 6.45) is -0.551. The monoisotopic (exact) mass is 410 g/mol. The molecule has 1 saturated heterocycles. The lowest BCUT2D eigenvalue weighted by Crippen LogP contribution is -2.36. The average Bonchev–Trinajstić information content (AvgIpc) is 2.73. The van der Waals surface area contributed by atoms with Gasteiger partial charge in [-0.2, -0.15) is 0 Å². The maximum atomic E-state index is 12.6. The first-order valence-corrected chi connectivity index (χ1v) is 10.8. The van der Waals surface area contributed by atoms with Gasteiger partial charge in [-0.15, -0.1) is 0 Å². The second-order valence-corrected chi connectivity index (χ2v) is 8.38. The molecule has 1 amide bonds. The second-order valence-electron chi connectivity index (χ2n) is 8.38. The predicted octanol–water partition coefficient (Wildman–Crippen LogP) is 4.03. The Morgan fingerprint density at radius 1 is 1.07 bits per heavy atom. The topological polar surface area (TPSA) is 50.8 Å². The van der Waals surface area contributed by atoms with Gasteiger partial charge in [0, 0.05) is 26.2 Å². The third kappa shape index (κ3) is 6.31. The molecule has 1 aliphatic heterocycles. The number of ether oxygens (including phenoxy) is 2. The molecule has 162 valence electrons. The molecule has 0 radical (unpaired) electrons. The lowest BCUT2D eigenvalue weighted by Gasteiger charge is -2.26. The van der Waals surface area contributed by atoms with Crippen molar-refractivity contribution in [1.82, 2.24) is 10.2 Å². The van der Waals surface area contributed by atoms with Gasteiger partial charge in [0.15, 0.2) is 6.10 Å². The number of hydrogen-bond acceptors (Lipinski definition) is 4. The molecule has 30 heavy (non-hydrogen) atoms. The Morgan fingerprint density at radius 2 is 1.73 bits per heavy atom. The van der Waals surface area contributed by atoms with Crippen LogP contribution < -0.4 is 10.1 Å². The normalized spacial score (nSPS) is 15.8. The number of rotatable bonds is 8. The number of carbonyl (C=O) groups is 1. The third-order valence-electron chi connectivity index (χ3n) is 5.46. The van der Waals surface area contributed by atoms with Gasteiger partial charge < -0.3 is 14.8 Å². The van der Waals surface area contributed by atoms with Crippen LogP contribution in [0.2, 0.25) is 0 Å². The summed E-state index contributed by atoms with van der Waals surface area (Å²) in [6, 6.07) is 14.6. The number of morpholine rings is 1. The van der Waals surface area contributed by atoms with Gasteiger partial charge in [-0.1, -0.05) is 50.2 Å². The Balaban J connectivity index is 1.50. The summed E-state index contributed by atoms with van der Waals surface area (Å²) in [7, 11) is 0. The smallest absolute Gasteiger partial charge is 0.261 e. The van der Waals surface area contributed by atoms with E-state index in [1.165, 1.54) is 5.56 Å². The van der Waals surface area contributed by atoms with Crippen molar-refractivity contribution in [3.05, 3.63) is 64.7 Å². The SMILES string of the molecule is Cc1ccc(C(C)C)c(O[C@H](C)C(=O)NCc2ccc(CN3CCOCC3)cc2)c1. The number of hydrogen-bond donors (Lipinski definition) is 1. The zero-order valence-corrected chi connectivity index (χ0v) is 18.6. The number of nitrogens with zero attached hydrogens (tertiary/aromatic N) is 1. The molecule has 0 bridgehead atoms. The predicted molar refractivity (Wildman–Crippen MR) is 120 cm³/mol. The van der Waals surface area contributed by atoms with Gasteiger partial charge in [-0.3, -0.25) is 9.69 Å². The fraction of sp³-hybridized carbons (Fsp3) is 0.480. The molecule has 5 heteroatoms. The molecule has 2 aromatic carbocycles. The zero-order valence-electron chi connectivity index (χ0n) is 18.6. The van der Waals surface area contributed by atoms with Gasteiger partial charge in [-0.05, 0) is 48.1 Å². The van der Waals surface area contributed by atoms with E-state index in [2.05, 4.69) is 60.5 Å². The Morgan fingerprint density at radius 3 is 2.40 bits per heavy atom. The Labute approximate surface area is 180 Å². The van der Waals surface area contributed by atoms with Gasteiger partial charge >= 0.3 is 0 Å². The van der Waals surface area contributed by atoms with Crippen molar-refractivity contribution in [2.75, 3.05) is 26.3 Å². The van der Waals surface area contributed by atoms with Crippen LogP contribution in [0, 0.1) is 6.92 Å². The minimum atomic E-state index is -0.551. The fourth-order valence-electron chi connectivity index (χ4n) is 3.58. The van der Waals surface area contributed by atoms with E-state index in [-0.39, 0.29) is 5.91 Å². The molecule has 5 nitrogen and oxygen atoms in total. The quantitative estimate of drug-likeness (QED) is 0.714. The molecule has 1 fully saturated rings. The van der Waals surface area contributed by atoms with Crippen LogP contribution >= 0.6 is 0 Å². The van der Waals surface area contributed by atoms with Crippen LogP contribution in [0.5, 0.6) is 5.75 Å². The second kappa shape index (κ2) is 10.6. The van der Waals surface area contributed by atoms with Crippen molar-refractivity contribution in [3.8, 4) is 5.75 Å². The van der Waals surface area contributed by atoms with Crippen molar-refractivity contribution in [2.24, 2.45) is 0 Å². The number of nitrogens with one attached hydrogen (secondary N) is 1. The van der Waals surface area contributed by atoms with Gasteiger partial charge in [0.2, 0.25) is 0 Å². The average molecular weight is 411 g/mol. The number of carbonyl (C=O) groups excluding carboxylic acids is 1. The van der Waals surface area contributed by atoms with E-state index in [4.69, 9.17) is 9.47 Å². The molecule has 1 atom stereocenters. The number of benzene rings is 2. The van der Waals surface area contributed by atoms with Crippen LogP contribution in [0.4, 0.5) is 0 Å². The van der Waals surface area contributed by atoms with Crippen LogP contribution in [-0.2, 0) is 22.6 Å². The highest BCUT2D eigenvalue weighted by Crippen LogP contribution is 2.28. The molecule has 0 spiro atoms. The van der Waals surface area contributed by atoms with Crippen LogP contribution in [0.15, 0.2) is 42.5 Å². The third-order valence-corrected chi connectivity index (χ3v) is 5.46. The molecule has 0 saturated carbocycles. The fourth-order valence-corrected chi connectivity index (χ4v) is 3.58. The summed E-state index contributed by atoms with van der Waals surface area (Å²) in [5.74, 6) is 1.02. The standard InChI is InChI=1S/C25H34N2O3/c1-18(2)23-10-5-19(3)15-24(23)30-20(4)25(28)26-16-21-6-8-22(9-7-21)17-27-11-13-29-14-12-27/h5-10,15,18,20H,11-14,16-17H2,1-4H3,(H,26,28)/t20-/m1/s1. The Bertz CT molecular complexity index is 827. The zero-order chi connectivity index (χ0) is 21.5. The van der Waals surface area contributed by atoms with Crippen molar-refractivity contribution in [1.29, 1.82) is 0 Å². The van der Waals surface area contributed by atoms with Crippen molar-refractivity contribution < 1.29 is 14.3 Å². The van der Waals surface area contributed by atoms with Gasteiger partial charge in [-0.25, -0.2) is 0 Å². The molecular weight excluding hydrogens is 376 g/mol. The maximum absolute atomic E-state index is 12.6. The van der Waals surface area contributed by atoms with E-state index < -0.39 is 6.10 Å². The van der Waals surface area contributed by atoms with Gasteiger partial charge in [0.05, 0.1) is 13.2 Å². The number of aryl methyl sites for hydroxylation is 1. The van der Waals surface area contributed by atoms with Crippen molar-refractivity contribution in [2.45, 2.75) is 52.8 Å². The largest absolute Gasteiger partial charge is 0.481 e. The minimum absolute atomic E-state index is 0.108. The van der Waals surface area contributed by atoms with E-state index in [1.807, 2.05) is 13.0 Å². The number of amides is 1. The van der Waals surface area contributed by atoms with E-state index in [1.54, 1.807) is 6.92 Å². The van der Waals surface area contributed by atoms with E-state index in [0.717, 1.165) is 55.3 Å².